The molecule has 5 rings (SSSR count). The van der Waals surface area contributed by atoms with E-state index in [0.29, 0.717) is 5.82 Å². The van der Waals surface area contributed by atoms with Gasteiger partial charge < -0.3 is 15.5 Å². The quantitative estimate of drug-likeness (QED) is 0.536. The lowest BCUT2D eigenvalue weighted by Gasteiger charge is -2.14. The lowest BCUT2D eigenvalue weighted by Crippen LogP contribution is -2.10. The minimum absolute atomic E-state index is 0.266. The Bertz CT molecular complexity index is 1040. The highest BCUT2D eigenvalue weighted by Gasteiger charge is 2.20. The molecular weight excluding hydrogens is 314 g/mol. The van der Waals surface area contributed by atoms with Crippen LogP contribution in [0.5, 0.6) is 0 Å². The van der Waals surface area contributed by atoms with Crippen LogP contribution in [-0.4, -0.2) is 32.9 Å². The first-order valence-electron chi connectivity index (χ1n) is 8.60. The van der Waals surface area contributed by atoms with E-state index < -0.39 is 0 Å². The van der Waals surface area contributed by atoms with Crippen LogP contribution in [0, 0.1) is 0 Å². The molecular formula is C19H19N5O. The fourth-order valence-corrected chi connectivity index (χ4v) is 3.83. The number of rotatable bonds is 3. The van der Waals surface area contributed by atoms with E-state index in [1.54, 1.807) is 6.20 Å². The molecule has 6 nitrogen and oxygen atoms in total. The van der Waals surface area contributed by atoms with Gasteiger partial charge in [0.15, 0.2) is 0 Å². The molecule has 1 unspecified atom stereocenters. The second-order valence-electron chi connectivity index (χ2n) is 6.60. The summed E-state index contributed by atoms with van der Waals surface area (Å²) < 4.78 is 5.88. The van der Waals surface area contributed by atoms with Crippen molar-refractivity contribution in [3.63, 3.8) is 0 Å². The second-order valence-corrected chi connectivity index (χ2v) is 6.60. The smallest absolute Gasteiger partial charge is 0.133 e. The maximum absolute atomic E-state index is 6.17. The van der Waals surface area contributed by atoms with Gasteiger partial charge in [-0.15, -0.1) is 0 Å². The average molecular weight is 333 g/mol. The van der Waals surface area contributed by atoms with Crippen LogP contribution < -0.4 is 5.73 Å². The first kappa shape index (κ1) is 14.5. The van der Waals surface area contributed by atoms with E-state index in [4.69, 9.17) is 10.5 Å². The molecule has 3 aromatic heterocycles. The fraction of sp³-hybridized carbons (Fsp3) is 0.263. The Morgan fingerprint density at radius 3 is 3.04 bits per heavy atom. The largest absolute Gasteiger partial charge is 0.383 e. The molecule has 1 aromatic carbocycles. The van der Waals surface area contributed by atoms with Crippen molar-refractivity contribution in [2.75, 3.05) is 12.3 Å². The number of fused-ring (bicyclic) bond motifs is 3. The molecule has 126 valence electrons. The molecule has 0 saturated carbocycles. The van der Waals surface area contributed by atoms with E-state index in [9.17, 15) is 0 Å². The number of nitrogens with two attached hydrogens (primary N) is 1. The van der Waals surface area contributed by atoms with E-state index in [0.717, 1.165) is 58.9 Å². The Hall–Kier alpha value is -2.86. The Morgan fingerprint density at radius 1 is 1.28 bits per heavy atom. The van der Waals surface area contributed by atoms with Crippen molar-refractivity contribution in [3.8, 4) is 11.3 Å². The lowest BCUT2D eigenvalue weighted by atomic mass is 9.96. The van der Waals surface area contributed by atoms with Crippen LogP contribution in [-0.2, 0) is 11.2 Å². The number of nitrogen functional groups attached to an aromatic ring is 1. The highest BCUT2D eigenvalue weighted by Crippen LogP contribution is 2.34. The van der Waals surface area contributed by atoms with Crippen molar-refractivity contribution in [2.24, 2.45) is 0 Å². The van der Waals surface area contributed by atoms with Gasteiger partial charge in [-0.25, -0.2) is 4.98 Å². The van der Waals surface area contributed by atoms with Crippen LogP contribution in [0.3, 0.4) is 0 Å². The Kier molecular flexibility index (Phi) is 3.24. The minimum Gasteiger partial charge on any atom is -0.383 e. The zero-order valence-electron chi connectivity index (χ0n) is 13.7. The summed E-state index contributed by atoms with van der Waals surface area (Å²) in [6, 6.07) is 8.23. The standard InChI is InChI=1S/C19H19N5O/c20-19-14-3-5-21-18(14)17-12(9-13-2-1-7-25-13)8-11(10-16(17)23-19)15-4-6-22-24-15/h3-6,8,10,13,21H,1-2,7,9H2,(H2,20,23)(H,22,24). The third kappa shape index (κ3) is 2.37. The molecule has 0 amide bonds. The molecule has 0 radical (unpaired) electrons. The van der Waals surface area contributed by atoms with Crippen molar-refractivity contribution in [1.29, 1.82) is 0 Å². The molecule has 25 heavy (non-hydrogen) atoms. The molecule has 4 heterocycles. The van der Waals surface area contributed by atoms with Crippen LogP contribution in [0.25, 0.3) is 33.1 Å². The topological polar surface area (TPSA) is 92.6 Å². The van der Waals surface area contributed by atoms with Crippen LogP contribution in [0.4, 0.5) is 5.82 Å². The molecule has 0 aliphatic carbocycles. The minimum atomic E-state index is 0.266. The SMILES string of the molecule is Nc1nc2cc(-c3ccn[nH]3)cc(CC3CCCO3)c2c2[nH]ccc12. The Balaban J connectivity index is 1.78. The third-order valence-corrected chi connectivity index (χ3v) is 5.00. The summed E-state index contributed by atoms with van der Waals surface area (Å²) in [6.45, 7) is 0.853. The van der Waals surface area contributed by atoms with Crippen molar-refractivity contribution in [2.45, 2.75) is 25.4 Å². The van der Waals surface area contributed by atoms with Crippen molar-refractivity contribution < 1.29 is 4.74 Å². The van der Waals surface area contributed by atoms with Gasteiger partial charge in [0.25, 0.3) is 0 Å². The summed E-state index contributed by atoms with van der Waals surface area (Å²) >= 11 is 0. The number of pyridine rings is 1. The molecule has 0 spiro atoms. The van der Waals surface area contributed by atoms with E-state index in [2.05, 4.69) is 32.3 Å². The van der Waals surface area contributed by atoms with Crippen molar-refractivity contribution >= 4 is 27.6 Å². The maximum Gasteiger partial charge on any atom is 0.133 e. The first-order chi connectivity index (χ1) is 12.3. The number of ether oxygens (including phenoxy) is 1. The zero-order chi connectivity index (χ0) is 16.8. The number of aromatic amines is 2. The Morgan fingerprint density at radius 2 is 2.24 bits per heavy atom. The summed E-state index contributed by atoms with van der Waals surface area (Å²) in [5, 5.41) is 9.21. The number of hydrogen-bond acceptors (Lipinski definition) is 4. The number of hydrogen-bond donors (Lipinski definition) is 3. The fourth-order valence-electron chi connectivity index (χ4n) is 3.83. The predicted octanol–water partition coefficient (Wildman–Crippen LogP) is 3.41. The van der Waals surface area contributed by atoms with Crippen molar-refractivity contribution in [3.05, 3.63) is 42.2 Å². The van der Waals surface area contributed by atoms with Crippen molar-refractivity contribution in [1.82, 2.24) is 20.2 Å². The average Bonchev–Trinajstić information content (AvgIpc) is 3.36. The maximum atomic E-state index is 6.17. The monoisotopic (exact) mass is 333 g/mol. The van der Waals surface area contributed by atoms with Gasteiger partial charge in [0.1, 0.15) is 5.82 Å². The van der Waals surface area contributed by atoms with E-state index >= 15 is 0 Å². The predicted molar refractivity (Wildman–Crippen MR) is 98.3 cm³/mol. The van der Waals surface area contributed by atoms with Crippen LogP contribution in [0.15, 0.2) is 36.7 Å². The normalized spacial score (nSPS) is 17.7. The lowest BCUT2D eigenvalue weighted by molar-refractivity contribution is 0.111. The van der Waals surface area contributed by atoms with Gasteiger partial charge in [0.05, 0.1) is 22.8 Å². The number of anilines is 1. The number of nitrogens with one attached hydrogen (secondary N) is 2. The summed E-state index contributed by atoms with van der Waals surface area (Å²) in [5.74, 6) is 0.550. The van der Waals surface area contributed by atoms with Gasteiger partial charge in [-0.05, 0) is 49.1 Å². The van der Waals surface area contributed by atoms with E-state index in [1.807, 2.05) is 18.3 Å². The first-order valence-corrected chi connectivity index (χ1v) is 8.60. The summed E-state index contributed by atoms with van der Waals surface area (Å²) in [4.78, 5) is 8.01. The number of H-pyrrole nitrogens is 2. The van der Waals surface area contributed by atoms with Gasteiger partial charge in [0, 0.05) is 35.3 Å². The third-order valence-electron chi connectivity index (χ3n) is 5.00. The molecule has 4 N–H and O–H groups in total. The zero-order valence-corrected chi connectivity index (χ0v) is 13.7. The van der Waals surface area contributed by atoms with Gasteiger partial charge >= 0.3 is 0 Å². The molecule has 1 fully saturated rings. The molecule has 1 atom stereocenters. The summed E-state index contributed by atoms with van der Waals surface area (Å²) in [5.41, 5.74) is 11.4. The van der Waals surface area contributed by atoms with Gasteiger partial charge in [-0.3, -0.25) is 5.10 Å². The van der Waals surface area contributed by atoms with E-state index in [-0.39, 0.29) is 6.10 Å². The number of aromatic nitrogens is 4. The molecule has 4 aromatic rings. The van der Waals surface area contributed by atoms with Gasteiger partial charge in [-0.2, -0.15) is 5.10 Å². The van der Waals surface area contributed by atoms with Crippen LogP contribution >= 0.6 is 0 Å². The number of nitrogens with zero attached hydrogens (tertiary/aromatic N) is 2. The second kappa shape index (κ2) is 5.60. The Labute approximate surface area is 144 Å². The van der Waals surface area contributed by atoms with Crippen LogP contribution in [0.1, 0.15) is 18.4 Å². The molecule has 6 heteroatoms. The summed E-state index contributed by atoms with van der Waals surface area (Å²) in [7, 11) is 0. The van der Waals surface area contributed by atoms with E-state index in [1.165, 1.54) is 5.56 Å². The van der Waals surface area contributed by atoms with Crippen LogP contribution in [0.2, 0.25) is 0 Å². The van der Waals surface area contributed by atoms with Gasteiger partial charge in [0.2, 0.25) is 0 Å². The molecule has 1 aliphatic rings. The summed E-state index contributed by atoms with van der Waals surface area (Å²) in [6.07, 6.45) is 7.05. The highest BCUT2D eigenvalue weighted by molar-refractivity contribution is 6.10. The molecule has 0 bridgehead atoms. The molecule has 1 saturated heterocycles. The van der Waals surface area contributed by atoms with Gasteiger partial charge in [-0.1, -0.05) is 0 Å². The molecule has 1 aliphatic heterocycles. The highest BCUT2D eigenvalue weighted by atomic mass is 16.5. The number of benzene rings is 1.